The van der Waals surface area contributed by atoms with Crippen LogP contribution in [0.5, 0.6) is 5.75 Å². The third kappa shape index (κ3) is 3.14. The molecule has 1 aliphatic rings. The first-order valence-corrected chi connectivity index (χ1v) is 7.68. The molecule has 3 rings (SSSR count). The molecule has 0 aliphatic carbocycles. The van der Waals surface area contributed by atoms with Gasteiger partial charge in [0.05, 0.1) is 18.0 Å². The maximum absolute atomic E-state index is 13.7. The number of halogens is 1. The Balaban J connectivity index is 1.83. The van der Waals surface area contributed by atoms with Gasteiger partial charge in [-0.3, -0.25) is 0 Å². The van der Waals surface area contributed by atoms with E-state index in [0.717, 1.165) is 36.5 Å². The molecule has 0 saturated carbocycles. The number of aryl methyl sites for hydroxylation is 1. The average molecular weight is 304 g/mol. The summed E-state index contributed by atoms with van der Waals surface area (Å²) < 4.78 is 27.2. The Labute approximate surface area is 129 Å². The van der Waals surface area contributed by atoms with E-state index < -0.39 is 0 Å². The molecule has 1 aromatic carbocycles. The molecule has 1 unspecified atom stereocenters. The van der Waals surface area contributed by atoms with E-state index in [9.17, 15) is 4.39 Å². The Morgan fingerprint density at radius 2 is 2.27 bits per heavy atom. The summed E-state index contributed by atoms with van der Waals surface area (Å²) in [5, 5.41) is 0. The van der Waals surface area contributed by atoms with E-state index in [4.69, 9.17) is 9.47 Å². The van der Waals surface area contributed by atoms with Gasteiger partial charge in [0.25, 0.3) is 0 Å². The lowest BCUT2D eigenvalue weighted by Crippen LogP contribution is -2.25. The molecule has 2 aromatic rings. The summed E-state index contributed by atoms with van der Waals surface area (Å²) in [5.74, 6) is 1.26. The summed E-state index contributed by atoms with van der Waals surface area (Å²) >= 11 is 0. The Morgan fingerprint density at radius 1 is 1.41 bits per heavy atom. The standard InChI is InChI=1S/C17H21FN2O2/c1-12-19-10-16(20(12)2)15-9-13(18)6-7-17(15)22-11-14-5-3-4-8-21-14/h6-7,9-10,14H,3-5,8,11H2,1-2H3. The minimum atomic E-state index is -0.282. The van der Waals surface area contributed by atoms with Crippen LogP contribution in [0.2, 0.25) is 0 Å². The minimum absolute atomic E-state index is 0.125. The molecule has 1 aromatic heterocycles. The molecular weight excluding hydrogens is 283 g/mol. The molecule has 5 heteroatoms. The van der Waals surface area contributed by atoms with Crippen molar-refractivity contribution in [2.24, 2.45) is 7.05 Å². The van der Waals surface area contributed by atoms with Gasteiger partial charge in [0.2, 0.25) is 0 Å². The number of rotatable bonds is 4. The van der Waals surface area contributed by atoms with Crippen LogP contribution >= 0.6 is 0 Å². The highest BCUT2D eigenvalue weighted by atomic mass is 19.1. The zero-order valence-corrected chi connectivity index (χ0v) is 13.0. The van der Waals surface area contributed by atoms with Crippen molar-refractivity contribution in [3.63, 3.8) is 0 Å². The fourth-order valence-corrected chi connectivity index (χ4v) is 2.70. The minimum Gasteiger partial charge on any atom is -0.490 e. The van der Waals surface area contributed by atoms with Gasteiger partial charge in [-0.15, -0.1) is 0 Å². The van der Waals surface area contributed by atoms with Crippen molar-refractivity contribution in [1.82, 2.24) is 9.55 Å². The van der Waals surface area contributed by atoms with Gasteiger partial charge < -0.3 is 14.0 Å². The van der Waals surface area contributed by atoms with Gasteiger partial charge in [0.1, 0.15) is 24.0 Å². The lowest BCUT2D eigenvalue weighted by atomic mass is 10.1. The maximum Gasteiger partial charge on any atom is 0.129 e. The molecule has 4 nitrogen and oxygen atoms in total. The molecule has 1 fully saturated rings. The molecular formula is C17H21FN2O2. The second kappa shape index (κ2) is 6.48. The monoisotopic (exact) mass is 304 g/mol. The fourth-order valence-electron chi connectivity index (χ4n) is 2.70. The van der Waals surface area contributed by atoms with Gasteiger partial charge in [0.15, 0.2) is 0 Å². The van der Waals surface area contributed by atoms with E-state index in [0.29, 0.717) is 12.4 Å². The molecule has 0 bridgehead atoms. The van der Waals surface area contributed by atoms with Crippen molar-refractivity contribution < 1.29 is 13.9 Å². The van der Waals surface area contributed by atoms with Gasteiger partial charge in [-0.1, -0.05) is 0 Å². The van der Waals surface area contributed by atoms with Crippen LogP contribution in [0.25, 0.3) is 11.3 Å². The van der Waals surface area contributed by atoms with Crippen molar-refractivity contribution in [3.8, 4) is 17.0 Å². The second-order valence-corrected chi connectivity index (χ2v) is 5.69. The zero-order chi connectivity index (χ0) is 15.5. The summed E-state index contributed by atoms with van der Waals surface area (Å²) in [6, 6.07) is 4.59. The summed E-state index contributed by atoms with van der Waals surface area (Å²) in [7, 11) is 1.91. The number of aromatic nitrogens is 2. The topological polar surface area (TPSA) is 36.3 Å². The SMILES string of the molecule is Cc1ncc(-c2cc(F)ccc2OCC2CCCCO2)n1C. The molecule has 2 heterocycles. The van der Waals surface area contributed by atoms with Gasteiger partial charge in [-0.2, -0.15) is 0 Å². The lowest BCUT2D eigenvalue weighted by molar-refractivity contribution is -0.0109. The van der Waals surface area contributed by atoms with Crippen LogP contribution in [0.4, 0.5) is 4.39 Å². The smallest absolute Gasteiger partial charge is 0.129 e. The van der Waals surface area contributed by atoms with Gasteiger partial charge in [-0.05, 0) is 44.4 Å². The average Bonchev–Trinajstić information content (AvgIpc) is 2.87. The number of benzene rings is 1. The number of hydrogen-bond donors (Lipinski definition) is 0. The Morgan fingerprint density at radius 3 is 2.95 bits per heavy atom. The second-order valence-electron chi connectivity index (χ2n) is 5.69. The fraction of sp³-hybridized carbons (Fsp3) is 0.471. The van der Waals surface area contributed by atoms with E-state index in [1.165, 1.54) is 18.6 Å². The number of imidazole rings is 1. The normalized spacial score (nSPS) is 18.4. The van der Waals surface area contributed by atoms with Crippen LogP contribution in [0, 0.1) is 12.7 Å². The Kier molecular flexibility index (Phi) is 4.43. The van der Waals surface area contributed by atoms with Crippen molar-refractivity contribution in [3.05, 3.63) is 36.0 Å². The number of hydrogen-bond acceptors (Lipinski definition) is 3. The highest BCUT2D eigenvalue weighted by Gasteiger charge is 2.17. The molecule has 22 heavy (non-hydrogen) atoms. The molecule has 0 amide bonds. The first-order valence-electron chi connectivity index (χ1n) is 7.68. The first kappa shape index (κ1) is 15.0. The van der Waals surface area contributed by atoms with E-state index in [1.54, 1.807) is 12.3 Å². The highest BCUT2D eigenvalue weighted by Crippen LogP contribution is 2.31. The van der Waals surface area contributed by atoms with Crippen LogP contribution in [-0.2, 0) is 11.8 Å². The Hall–Kier alpha value is -1.88. The van der Waals surface area contributed by atoms with Crippen molar-refractivity contribution in [2.75, 3.05) is 13.2 Å². The van der Waals surface area contributed by atoms with Gasteiger partial charge in [-0.25, -0.2) is 9.37 Å². The predicted molar refractivity (Wildman–Crippen MR) is 82.4 cm³/mol. The summed E-state index contributed by atoms with van der Waals surface area (Å²) in [6.07, 6.45) is 5.17. The molecule has 0 spiro atoms. The largest absolute Gasteiger partial charge is 0.490 e. The van der Waals surface area contributed by atoms with Crippen molar-refractivity contribution >= 4 is 0 Å². The van der Waals surface area contributed by atoms with Gasteiger partial charge in [0, 0.05) is 19.2 Å². The van der Waals surface area contributed by atoms with E-state index in [1.807, 2.05) is 18.5 Å². The quantitative estimate of drug-likeness (QED) is 0.867. The molecule has 1 atom stereocenters. The van der Waals surface area contributed by atoms with Crippen LogP contribution in [0.1, 0.15) is 25.1 Å². The van der Waals surface area contributed by atoms with E-state index in [-0.39, 0.29) is 11.9 Å². The number of nitrogens with zero attached hydrogens (tertiary/aromatic N) is 2. The van der Waals surface area contributed by atoms with Crippen LogP contribution in [0.15, 0.2) is 24.4 Å². The van der Waals surface area contributed by atoms with Crippen molar-refractivity contribution in [1.29, 1.82) is 0 Å². The molecule has 0 N–H and O–H groups in total. The van der Waals surface area contributed by atoms with Gasteiger partial charge >= 0.3 is 0 Å². The summed E-state index contributed by atoms with van der Waals surface area (Å²) in [5.41, 5.74) is 1.57. The summed E-state index contributed by atoms with van der Waals surface area (Å²) in [4.78, 5) is 4.27. The zero-order valence-electron chi connectivity index (χ0n) is 13.0. The van der Waals surface area contributed by atoms with Crippen molar-refractivity contribution in [2.45, 2.75) is 32.3 Å². The molecule has 118 valence electrons. The number of ether oxygens (including phenoxy) is 2. The maximum atomic E-state index is 13.7. The Bertz CT molecular complexity index is 648. The van der Waals surface area contributed by atoms with Crippen LogP contribution in [-0.4, -0.2) is 28.9 Å². The molecule has 0 radical (unpaired) electrons. The van der Waals surface area contributed by atoms with Crippen LogP contribution in [0.3, 0.4) is 0 Å². The lowest BCUT2D eigenvalue weighted by Gasteiger charge is -2.23. The first-order chi connectivity index (χ1) is 10.6. The van der Waals surface area contributed by atoms with Crippen LogP contribution < -0.4 is 4.74 Å². The molecule has 1 saturated heterocycles. The highest BCUT2D eigenvalue weighted by molar-refractivity contribution is 5.67. The third-order valence-corrected chi connectivity index (χ3v) is 4.14. The predicted octanol–water partition coefficient (Wildman–Crippen LogP) is 3.48. The van der Waals surface area contributed by atoms with E-state index >= 15 is 0 Å². The van der Waals surface area contributed by atoms with E-state index in [2.05, 4.69) is 4.98 Å². The third-order valence-electron chi connectivity index (χ3n) is 4.14. The molecule has 1 aliphatic heterocycles. The summed E-state index contributed by atoms with van der Waals surface area (Å²) in [6.45, 7) is 3.21.